The first kappa shape index (κ1) is 12.6. The average molecular weight is 270 g/mol. The quantitative estimate of drug-likeness (QED) is 0.706. The largest absolute Gasteiger partial charge is 0.386 e. The minimum Gasteiger partial charge on any atom is -0.386 e. The van der Waals surface area contributed by atoms with E-state index in [0.717, 1.165) is 12.0 Å². The third-order valence-electron chi connectivity index (χ3n) is 3.65. The number of benzene rings is 2. The Balaban J connectivity index is 2.46. The molecule has 1 aromatic heterocycles. The highest BCUT2D eigenvalue weighted by Gasteiger charge is 2.21. The van der Waals surface area contributed by atoms with Crippen molar-refractivity contribution in [2.45, 2.75) is 32.8 Å². The SMILES string of the molecule is CCc1cccc2c1sc1c(C(C)(C)O)cccc12. The number of hydrogen-bond acceptors (Lipinski definition) is 2. The maximum atomic E-state index is 10.3. The standard InChI is InChI=1S/C17H18OS/c1-4-11-7-5-8-12-13-9-6-10-14(17(2,3)18)16(13)19-15(11)12/h5-10,18H,4H2,1-3H3. The van der Waals surface area contributed by atoms with E-state index in [0.29, 0.717) is 0 Å². The minimum absolute atomic E-state index is 0.799. The van der Waals surface area contributed by atoms with E-state index >= 15 is 0 Å². The molecule has 19 heavy (non-hydrogen) atoms. The van der Waals surface area contributed by atoms with Gasteiger partial charge in [0.1, 0.15) is 0 Å². The Morgan fingerprint density at radius 1 is 1.00 bits per heavy atom. The molecule has 3 rings (SSSR count). The zero-order chi connectivity index (χ0) is 13.6. The van der Waals surface area contributed by atoms with Gasteiger partial charge in [0.2, 0.25) is 0 Å². The monoisotopic (exact) mass is 270 g/mol. The van der Waals surface area contributed by atoms with Gasteiger partial charge in [-0.1, -0.05) is 43.3 Å². The Morgan fingerprint density at radius 3 is 2.26 bits per heavy atom. The van der Waals surface area contributed by atoms with Crippen LogP contribution >= 0.6 is 11.3 Å². The molecule has 0 saturated carbocycles. The molecule has 0 atom stereocenters. The van der Waals surface area contributed by atoms with Crippen molar-refractivity contribution >= 4 is 31.5 Å². The zero-order valence-electron chi connectivity index (χ0n) is 11.5. The van der Waals surface area contributed by atoms with Crippen LogP contribution in [0.4, 0.5) is 0 Å². The third kappa shape index (κ3) is 1.96. The van der Waals surface area contributed by atoms with Crippen LogP contribution in [0.3, 0.4) is 0 Å². The third-order valence-corrected chi connectivity index (χ3v) is 4.98. The van der Waals surface area contributed by atoms with Crippen LogP contribution in [0.25, 0.3) is 20.2 Å². The van der Waals surface area contributed by atoms with Gasteiger partial charge in [0.25, 0.3) is 0 Å². The Bertz CT molecular complexity index is 747. The molecule has 98 valence electrons. The molecule has 0 fully saturated rings. The summed E-state index contributed by atoms with van der Waals surface area (Å²) in [4.78, 5) is 0. The molecule has 0 saturated heterocycles. The van der Waals surface area contributed by atoms with Crippen LogP contribution in [0.2, 0.25) is 0 Å². The predicted molar refractivity (Wildman–Crippen MR) is 84.0 cm³/mol. The zero-order valence-corrected chi connectivity index (χ0v) is 12.3. The first-order chi connectivity index (χ1) is 9.02. The lowest BCUT2D eigenvalue weighted by atomic mass is 9.96. The average Bonchev–Trinajstić information content (AvgIpc) is 2.75. The summed E-state index contributed by atoms with van der Waals surface area (Å²) in [6, 6.07) is 12.7. The first-order valence-electron chi connectivity index (χ1n) is 6.68. The number of fused-ring (bicyclic) bond motifs is 3. The summed E-state index contributed by atoms with van der Waals surface area (Å²) in [6.45, 7) is 5.90. The fraction of sp³-hybridized carbons (Fsp3) is 0.294. The Labute approximate surface area is 117 Å². The highest BCUT2D eigenvalue weighted by atomic mass is 32.1. The number of aliphatic hydroxyl groups is 1. The Hall–Kier alpha value is -1.38. The summed E-state index contributed by atoms with van der Waals surface area (Å²) < 4.78 is 2.57. The Morgan fingerprint density at radius 2 is 1.63 bits per heavy atom. The molecule has 0 aliphatic heterocycles. The van der Waals surface area contributed by atoms with E-state index in [4.69, 9.17) is 0 Å². The van der Waals surface area contributed by atoms with E-state index in [-0.39, 0.29) is 0 Å². The number of rotatable bonds is 2. The summed E-state index contributed by atoms with van der Waals surface area (Å²) in [7, 11) is 0. The van der Waals surface area contributed by atoms with Crippen molar-refractivity contribution in [2.75, 3.05) is 0 Å². The fourth-order valence-electron chi connectivity index (χ4n) is 2.64. The Kier molecular flexibility index (Phi) is 2.88. The van der Waals surface area contributed by atoms with E-state index < -0.39 is 5.60 Å². The summed E-state index contributed by atoms with van der Waals surface area (Å²) >= 11 is 1.81. The van der Waals surface area contributed by atoms with Gasteiger partial charge in [-0.2, -0.15) is 0 Å². The maximum Gasteiger partial charge on any atom is 0.0854 e. The van der Waals surface area contributed by atoms with Crippen LogP contribution in [-0.4, -0.2) is 5.11 Å². The lowest BCUT2D eigenvalue weighted by Gasteiger charge is -2.18. The van der Waals surface area contributed by atoms with Gasteiger partial charge in [-0.05, 0) is 25.8 Å². The molecular formula is C17H18OS. The van der Waals surface area contributed by atoms with Gasteiger partial charge < -0.3 is 5.11 Å². The van der Waals surface area contributed by atoms with Crippen LogP contribution in [-0.2, 0) is 12.0 Å². The van der Waals surface area contributed by atoms with E-state index in [2.05, 4.69) is 31.2 Å². The van der Waals surface area contributed by atoms with Gasteiger partial charge >= 0.3 is 0 Å². The highest BCUT2D eigenvalue weighted by molar-refractivity contribution is 7.26. The predicted octanol–water partition coefficient (Wildman–Crippen LogP) is 4.84. The van der Waals surface area contributed by atoms with Gasteiger partial charge in [0.15, 0.2) is 0 Å². The van der Waals surface area contributed by atoms with Crippen molar-refractivity contribution in [2.24, 2.45) is 0 Å². The van der Waals surface area contributed by atoms with Gasteiger partial charge in [-0.15, -0.1) is 11.3 Å². The number of thiophene rings is 1. The number of hydrogen-bond donors (Lipinski definition) is 1. The lowest BCUT2D eigenvalue weighted by Crippen LogP contribution is -2.15. The summed E-state index contributed by atoms with van der Waals surface area (Å²) in [5, 5.41) is 12.9. The topological polar surface area (TPSA) is 20.2 Å². The van der Waals surface area contributed by atoms with Crippen molar-refractivity contribution in [3.63, 3.8) is 0 Å². The molecule has 2 aromatic carbocycles. The van der Waals surface area contributed by atoms with Crippen molar-refractivity contribution in [3.05, 3.63) is 47.5 Å². The number of aryl methyl sites for hydroxylation is 1. The molecule has 0 spiro atoms. The molecule has 1 N–H and O–H groups in total. The second-order valence-electron chi connectivity index (χ2n) is 5.49. The van der Waals surface area contributed by atoms with Crippen molar-refractivity contribution in [3.8, 4) is 0 Å². The molecule has 0 aliphatic rings. The van der Waals surface area contributed by atoms with E-state index in [1.807, 2.05) is 26.0 Å². The molecular weight excluding hydrogens is 252 g/mol. The maximum absolute atomic E-state index is 10.3. The molecule has 1 nitrogen and oxygen atoms in total. The first-order valence-corrected chi connectivity index (χ1v) is 7.50. The minimum atomic E-state index is -0.799. The lowest BCUT2D eigenvalue weighted by molar-refractivity contribution is 0.0804. The normalized spacial score (nSPS) is 12.4. The van der Waals surface area contributed by atoms with Crippen LogP contribution in [0.5, 0.6) is 0 Å². The van der Waals surface area contributed by atoms with Gasteiger partial charge in [-0.3, -0.25) is 0 Å². The summed E-state index contributed by atoms with van der Waals surface area (Å²) in [6.07, 6.45) is 1.04. The molecule has 0 radical (unpaired) electrons. The van der Waals surface area contributed by atoms with E-state index in [9.17, 15) is 5.11 Å². The van der Waals surface area contributed by atoms with Gasteiger partial charge in [0.05, 0.1) is 5.60 Å². The summed E-state index contributed by atoms with van der Waals surface area (Å²) in [5.41, 5.74) is 1.61. The van der Waals surface area contributed by atoms with Crippen LogP contribution in [0, 0.1) is 0 Å². The fourth-order valence-corrected chi connectivity index (χ4v) is 4.19. The van der Waals surface area contributed by atoms with Crippen molar-refractivity contribution < 1.29 is 5.11 Å². The van der Waals surface area contributed by atoms with Crippen LogP contribution in [0.1, 0.15) is 31.9 Å². The van der Waals surface area contributed by atoms with Crippen LogP contribution < -0.4 is 0 Å². The molecule has 3 aromatic rings. The smallest absolute Gasteiger partial charge is 0.0854 e. The highest BCUT2D eigenvalue weighted by Crippen LogP contribution is 2.40. The molecule has 0 amide bonds. The molecule has 2 heteroatoms. The van der Waals surface area contributed by atoms with E-state index in [1.54, 1.807) is 11.3 Å². The van der Waals surface area contributed by atoms with Gasteiger partial charge in [0, 0.05) is 25.7 Å². The van der Waals surface area contributed by atoms with Crippen molar-refractivity contribution in [1.82, 2.24) is 0 Å². The second kappa shape index (κ2) is 4.32. The molecule has 1 heterocycles. The molecule has 0 unspecified atom stereocenters. The molecule has 0 aliphatic carbocycles. The molecule has 0 bridgehead atoms. The van der Waals surface area contributed by atoms with Gasteiger partial charge in [-0.25, -0.2) is 0 Å². The van der Waals surface area contributed by atoms with Crippen molar-refractivity contribution in [1.29, 1.82) is 0 Å². The summed E-state index contributed by atoms with van der Waals surface area (Å²) in [5.74, 6) is 0. The van der Waals surface area contributed by atoms with E-state index in [1.165, 1.54) is 25.7 Å². The van der Waals surface area contributed by atoms with Crippen LogP contribution in [0.15, 0.2) is 36.4 Å². The second-order valence-corrected chi connectivity index (χ2v) is 6.51.